The highest BCUT2D eigenvalue weighted by molar-refractivity contribution is 5.88. The highest BCUT2D eigenvalue weighted by Crippen LogP contribution is 2.16. The van der Waals surface area contributed by atoms with E-state index >= 15 is 0 Å². The van der Waals surface area contributed by atoms with Crippen molar-refractivity contribution >= 4 is 11.9 Å². The van der Waals surface area contributed by atoms with E-state index in [0.717, 1.165) is 6.42 Å². The molecule has 0 fully saturated rings. The molecule has 0 bridgehead atoms. The van der Waals surface area contributed by atoms with Gasteiger partial charge in [0, 0.05) is 5.54 Å². The van der Waals surface area contributed by atoms with Gasteiger partial charge in [-0.25, -0.2) is 9.48 Å². The first-order valence-electron chi connectivity index (χ1n) is 7.05. The lowest BCUT2D eigenvalue weighted by Gasteiger charge is -2.23. The molecule has 118 valence electrons. The van der Waals surface area contributed by atoms with Crippen LogP contribution in [0.15, 0.2) is 0 Å². The van der Waals surface area contributed by atoms with Crippen molar-refractivity contribution in [1.29, 1.82) is 0 Å². The number of carbonyl (C=O) groups excluding carboxylic acids is 2. The van der Waals surface area contributed by atoms with Crippen LogP contribution in [0.2, 0.25) is 0 Å². The number of esters is 1. The van der Waals surface area contributed by atoms with Crippen LogP contribution in [0.3, 0.4) is 0 Å². The monoisotopic (exact) mass is 296 g/mol. The lowest BCUT2D eigenvalue weighted by atomic mass is 10.1. The van der Waals surface area contributed by atoms with Crippen molar-refractivity contribution in [2.24, 2.45) is 0 Å². The Balaban J connectivity index is 3.09. The molecule has 1 N–H and O–H groups in total. The zero-order chi connectivity index (χ0) is 16.2. The Morgan fingerprint density at radius 1 is 1.38 bits per heavy atom. The number of nitrogens with one attached hydrogen (secondary N) is 1. The molecule has 1 aromatic rings. The summed E-state index contributed by atoms with van der Waals surface area (Å²) in [5.41, 5.74) is 0.470. The second-order valence-electron chi connectivity index (χ2n) is 5.99. The Bertz CT molecular complexity index is 517. The molecule has 21 heavy (non-hydrogen) atoms. The predicted octanol–water partition coefficient (Wildman–Crippen LogP) is 1.49. The number of aromatic nitrogens is 3. The maximum Gasteiger partial charge on any atom is 0.360 e. The van der Waals surface area contributed by atoms with Gasteiger partial charge in [-0.05, 0) is 34.1 Å². The van der Waals surface area contributed by atoms with Crippen molar-refractivity contribution in [3.63, 3.8) is 0 Å². The van der Waals surface area contributed by atoms with Crippen LogP contribution >= 0.6 is 0 Å². The third-order valence-electron chi connectivity index (χ3n) is 2.90. The molecule has 7 nitrogen and oxygen atoms in total. The average Bonchev–Trinajstić information content (AvgIpc) is 2.79. The summed E-state index contributed by atoms with van der Waals surface area (Å²) in [6.45, 7) is 9.44. The Hall–Kier alpha value is -1.92. The molecule has 7 heteroatoms. The number of methoxy groups -OCH3 is 1. The van der Waals surface area contributed by atoms with E-state index in [1.54, 1.807) is 6.92 Å². The van der Waals surface area contributed by atoms with E-state index in [-0.39, 0.29) is 17.1 Å². The number of nitrogens with zero attached hydrogens (tertiary/aromatic N) is 3. The van der Waals surface area contributed by atoms with E-state index < -0.39 is 12.0 Å². The fourth-order valence-electron chi connectivity index (χ4n) is 1.93. The molecule has 1 atom stereocenters. The van der Waals surface area contributed by atoms with Gasteiger partial charge in [0.25, 0.3) is 0 Å². The number of carbonyl (C=O) groups is 2. The molecule has 1 aromatic heterocycles. The maximum absolute atomic E-state index is 12.2. The minimum atomic E-state index is -0.545. The molecule has 0 aliphatic carbocycles. The highest BCUT2D eigenvalue weighted by atomic mass is 16.5. The lowest BCUT2D eigenvalue weighted by molar-refractivity contribution is -0.125. The molecule has 0 aromatic carbocycles. The van der Waals surface area contributed by atoms with E-state index in [1.165, 1.54) is 11.8 Å². The summed E-state index contributed by atoms with van der Waals surface area (Å²) in [5.74, 6) is -0.700. The van der Waals surface area contributed by atoms with Gasteiger partial charge in [-0.3, -0.25) is 4.79 Å². The van der Waals surface area contributed by atoms with Crippen LogP contribution in [-0.4, -0.2) is 39.5 Å². The average molecular weight is 296 g/mol. The lowest BCUT2D eigenvalue weighted by Crippen LogP contribution is -2.44. The second kappa shape index (κ2) is 6.69. The maximum atomic E-state index is 12.2. The summed E-state index contributed by atoms with van der Waals surface area (Å²) < 4.78 is 6.20. The molecule has 1 unspecified atom stereocenters. The molecule has 0 aliphatic rings. The van der Waals surface area contributed by atoms with Gasteiger partial charge in [0.15, 0.2) is 5.69 Å². The summed E-state index contributed by atoms with van der Waals surface area (Å²) in [4.78, 5) is 24.0. The Morgan fingerprint density at radius 3 is 2.48 bits per heavy atom. The molecule has 0 saturated heterocycles. The molecular formula is C14H24N4O3. The second-order valence-corrected chi connectivity index (χ2v) is 5.99. The Labute approximate surface area is 125 Å². The third-order valence-corrected chi connectivity index (χ3v) is 2.90. The van der Waals surface area contributed by atoms with E-state index in [4.69, 9.17) is 4.74 Å². The zero-order valence-electron chi connectivity index (χ0n) is 13.6. The summed E-state index contributed by atoms with van der Waals surface area (Å²) in [6, 6.07) is -0.545. The van der Waals surface area contributed by atoms with Crippen LogP contribution < -0.4 is 5.32 Å². The van der Waals surface area contributed by atoms with Gasteiger partial charge < -0.3 is 10.1 Å². The van der Waals surface area contributed by atoms with Gasteiger partial charge in [0.2, 0.25) is 5.91 Å². The largest absolute Gasteiger partial charge is 0.464 e. The van der Waals surface area contributed by atoms with Crippen LogP contribution in [0.5, 0.6) is 0 Å². The van der Waals surface area contributed by atoms with Crippen molar-refractivity contribution in [2.45, 2.75) is 59.0 Å². The van der Waals surface area contributed by atoms with Crippen molar-refractivity contribution in [1.82, 2.24) is 20.3 Å². The molecule has 0 radical (unpaired) electrons. The molecule has 1 amide bonds. The van der Waals surface area contributed by atoms with E-state index in [0.29, 0.717) is 12.1 Å². The van der Waals surface area contributed by atoms with Gasteiger partial charge in [-0.1, -0.05) is 18.6 Å². The number of hydrogen-bond donors (Lipinski definition) is 1. The number of amides is 1. The summed E-state index contributed by atoms with van der Waals surface area (Å²) in [5, 5.41) is 10.7. The molecule has 1 heterocycles. The molecule has 1 rings (SSSR count). The smallest absolute Gasteiger partial charge is 0.360 e. The SMILES string of the molecule is CCCc1c(C(=O)OC)nnn1C(C)C(=O)NC(C)(C)C. The van der Waals surface area contributed by atoms with Crippen LogP contribution in [-0.2, 0) is 16.0 Å². The molecule has 0 spiro atoms. The van der Waals surface area contributed by atoms with Crippen LogP contribution in [0.1, 0.15) is 63.3 Å². The van der Waals surface area contributed by atoms with Gasteiger partial charge in [0.05, 0.1) is 12.8 Å². The normalized spacial score (nSPS) is 12.9. The van der Waals surface area contributed by atoms with Crippen molar-refractivity contribution in [3.8, 4) is 0 Å². The number of rotatable bonds is 5. The fourth-order valence-corrected chi connectivity index (χ4v) is 1.93. The van der Waals surface area contributed by atoms with Crippen LogP contribution in [0.4, 0.5) is 0 Å². The first-order valence-corrected chi connectivity index (χ1v) is 7.05. The van der Waals surface area contributed by atoms with Crippen molar-refractivity contribution in [3.05, 3.63) is 11.4 Å². The predicted molar refractivity (Wildman–Crippen MR) is 78.0 cm³/mol. The van der Waals surface area contributed by atoms with Gasteiger partial charge in [0.1, 0.15) is 6.04 Å². The third kappa shape index (κ3) is 4.27. The van der Waals surface area contributed by atoms with Gasteiger partial charge in [-0.15, -0.1) is 5.10 Å². The standard InChI is InChI=1S/C14H24N4O3/c1-7-8-10-11(13(20)21-6)16-17-18(10)9(2)12(19)15-14(3,4)5/h9H,7-8H2,1-6H3,(H,15,19). The quantitative estimate of drug-likeness (QED) is 0.832. The minimum Gasteiger partial charge on any atom is -0.464 e. The first kappa shape index (κ1) is 17.1. The van der Waals surface area contributed by atoms with Crippen LogP contribution in [0, 0.1) is 0 Å². The topological polar surface area (TPSA) is 86.1 Å². The van der Waals surface area contributed by atoms with Gasteiger partial charge in [-0.2, -0.15) is 0 Å². The summed E-state index contributed by atoms with van der Waals surface area (Å²) >= 11 is 0. The number of hydrogen-bond acceptors (Lipinski definition) is 5. The van der Waals surface area contributed by atoms with E-state index in [1.807, 2.05) is 27.7 Å². The zero-order valence-corrected chi connectivity index (χ0v) is 13.6. The van der Waals surface area contributed by atoms with E-state index in [2.05, 4.69) is 15.6 Å². The molecule has 0 aliphatic heterocycles. The van der Waals surface area contributed by atoms with Crippen molar-refractivity contribution < 1.29 is 14.3 Å². The Morgan fingerprint density at radius 2 is 2.00 bits per heavy atom. The fraction of sp³-hybridized carbons (Fsp3) is 0.714. The summed E-state index contributed by atoms with van der Waals surface area (Å²) in [6.07, 6.45) is 1.41. The molecular weight excluding hydrogens is 272 g/mol. The minimum absolute atomic E-state index is 0.166. The first-order chi connectivity index (χ1) is 9.71. The number of ether oxygens (including phenoxy) is 1. The highest BCUT2D eigenvalue weighted by Gasteiger charge is 2.27. The van der Waals surface area contributed by atoms with Crippen LogP contribution in [0.25, 0.3) is 0 Å². The molecule has 0 saturated carbocycles. The summed E-state index contributed by atoms with van der Waals surface area (Å²) in [7, 11) is 1.30. The van der Waals surface area contributed by atoms with Gasteiger partial charge >= 0.3 is 5.97 Å². The van der Waals surface area contributed by atoms with Crippen molar-refractivity contribution in [2.75, 3.05) is 7.11 Å². The Kier molecular flexibility index (Phi) is 5.46. The van der Waals surface area contributed by atoms with E-state index in [9.17, 15) is 9.59 Å².